The third kappa shape index (κ3) is 4.34. The first-order chi connectivity index (χ1) is 14.9. The molecule has 31 heavy (non-hydrogen) atoms. The van der Waals surface area contributed by atoms with E-state index in [1.165, 1.54) is 5.56 Å². The van der Waals surface area contributed by atoms with Crippen molar-refractivity contribution in [1.82, 2.24) is 0 Å². The summed E-state index contributed by atoms with van der Waals surface area (Å²) in [6.07, 6.45) is 3.43. The Morgan fingerprint density at radius 1 is 0.645 bits per heavy atom. The van der Waals surface area contributed by atoms with Crippen molar-refractivity contribution in [2.45, 2.75) is 16.7 Å². The zero-order valence-corrected chi connectivity index (χ0v) is 19.7. The lowest BCUT2D eigenvalue weighted by molar-refractivity contribution is 0.686. The van der Waals surface area contributed by atoms with E-state index in [9.17, 15) is 8.42 Å². The highest BCUT2D eigenvalue weighted by atomic mass is 32.2. The third-order valence-electron chi connectivity index (χ3n) is 5.50. The molecule has 4 aromatic carbocycles. The number of hydrogen-bond acceptors (Lipinski definition) is 3. The van der Waals surface area contributed by atoms with Gasteiger partial charge in [0.1, 0.15) is 0 Å². The molecule has 0 radical (unpaired) electrons. The molecule has 0 fully saturated rings. The molecule has 1 N–H and O–H groups in total. The summed E-state index contributed by atoms with van der Waals surface area (Å²) in [7, 11) is -0.404. The molecule has 0 aromatic heterocycles. The summed E-state index contributed by atoms with van der Waals surface area (Å²) in [6, 6.07) is 24.5. The minimum absolute atomic E-state index is 0.796. The Labute approximate surface area is 188 Å². The first-order valence-electron chi connectivity index (χ1n) is 10.0. The highest BCUT2D eigenvalue weighted by Gasteiger charge is 2.15. The minimum atomic E-state index is -1.15. The van der Waals surface area contributed by atoms with E-state index in [4.69, 9.17) is 0 Å². The largest absolute Gasteiger partial charge is 0.388 e. The molecule has 0 aliphatic rings. The quantitative estimate of drug-likeness (QED) is 0.408. The highest BCUT2D eigenvalue weighted by molar-refractivity contribution is 7.84. The summed E-state index contributed by atoms with van der Waals surface area (Å²) in [5.74, 6) is 0. The van der Waals surface area contributed by atoms with Crippen LogP contribution in [0.3, 0.4) is 0 Å². The van der Waals surface area contributed by atoms with E-state index >= 15 is 0 Å². The van der Waals surface area contributed by atoms with Crippen molar-refractivity contribution < 1.29 is 8.42 Å². The van der Waals surface area contributed by atoms with Crippen molar-refractivity contribution >= 4 is 38.1 Å². The van der Waals surface area contributed by atoms with Crippen molar-refractivity contribution in [3.05, 3.63) is 78.4 Å². The van der Waals surface area contributed by atoms with Crippen LogP contribution in [0.15, 0.2) is 82.6 Å². The summed E-state index contributed by atoms with van der Waals surface area (Å²) in [6.45, 7) is 2.05. The van der Waals surface area contributed by atoms with Gasteiger partial charge in [0, 0.05) is 35.0 Å². The van der Waals surface area contributed by atoms with Crippen molar-refractivity contribution in [2.24, 2.45) is 0 Å². The molecule has 0 amide bonds. The van der Waals surface area contributed by atoms with E-state index in [0.717, 1.165) is 48.5 Å². The Kier molecular flexibility index (Phi) is 6.08. The van der Waals surface area contributed by atoms with Gasteiger partial charge in [-0.3, -0.25) is 8.42 Å². The second-order valence-electron chi connectivity index (χ2n) is 7.65. The molecule has 4 aromatic rings. The zero-order chi connectivity index (χ0) is 22.1. The first kappa shape index (κ1) is 21.5. The van der Waals surface area contributed by atoms with Gasteiger partial charge in [0.15, 0.2) is 0 Å². The predicted octanol–water partition coefficient (Wildman–Crippen LogP) is 6.00. The van der Waals surface area contributed by atoms with Crippen LogP contribution in [-0.2, 0) is 21.6 Å². The second-order valence-corrected chi connectivity index (χ2v) is 10.3. The van der Waals surface area contributed by atoms with Gasteiger partial charge < -0.3 is 5.32 Å². The van der Waals surface area contributed by atoms with Crippen molar-refractivity contribution in [1.29, 1.82) is 0 Å². The van der Waals surface area contributed by atoms with Gasteiger partial charge >= 0.3 is 0 Å². The van der Waals surface area contributed by atoms with Gasteiger partial charge in [-0.05, 0) is 76.3 Å². The van der Waals surface area contributed by atoms with E-state index in [-0.39, 0.29) is 0 Å². The Bertz CT molecular complexity index is 1310. The fraction of sp³-hybridized carbons (Fsp3) is 0.154. The maximum absolute atomic E-state index is 12.6. The minimum Gasteiger partial charge on any atom is -0.388 e. The van der Waals surface area contributed by atoms with Crippen LogP contribution in [0.2, 0.25) is 0 Å². The monoisotopic (exact) mass is 447 g/mol. The van der Waals surface area contributed by atoms with E-state index in [0.29, 0.717) is 0 Å². The highest BCUT2D eigenvalue weighted by Crippen LogP contribution is 2.36. The fourth-order valence-electron chi connectivity index (χ4n) is 3.78. The van der Waals surface area contributed by atoms with Crippen molar-refractivity contribution in [2.75, 3.05) is 24.9 Å². The topological polar surface area (TPSA) is 46.2 Å². The van der Waals surface area contributed by atoms with Crippen LogP contribution in [0, 0.1) is 6.92 Å². The van der Waals surface area contributed by atoms with Crippen LogP contribution in [0.5, 0.6) is 0 Å². The van der Waals surface area contributed by atoms with Gasteiger partial charge in [-0.25, -0.2) is 0 Å². The number of nitrogens with one attached hydrogen (secondary N) is 1. The Balaban J connectivity index is 1.97. The summed E-state index contributed by atoms with van der Waals surface area (Å²) in [4.78, 5) is 1.60. The third-order valence-corrected chi connectivity index (χ3v) is 7.42. The SMILES string of the molecule is CNc1ccc(-c2cc3cc(S(C)=O)c(-c4ccc(C)cc4)cc3cc2S(C)=O)cc1. The smallest absolute Gasteiger partial charge is 0.0504 e. The van der Waals surface area contributed by atoms with Gasteiger partial charge in [-0.2, -0.15) is 0 Å². The standard InChI is InChI=1S/C26H25NO2S2/c1-17-5-7-18(8-6-17)23-13-20-16-26(31(4)29)24(14-21(20)15-25(23)30(3)28)19-9-11-22(27-2)12-10-19/h5-16,27H,1-4H3. The van der Waals surface area contributed by atoms with Gasteiger partial charge in [0.2, 0.25) is 0 Å². The number of fused-ring (bicyclic) bond motifs is 1. The first-order valence-corrected chi connectivity index (χ1v) is 13.1. The van der Waals surface area contributed by atoms with Crippen LogP contribution < -0.4 is 5.32 Å². The lowest BCUT2D eigenvalue weighted by Crippen LogP contribution is -1.97. The molecule has 2 atom stereocenters. The molecule has 0 saturated carbocycles. The van der Waals surface area contributed by atoms with E-state index in [2.05, 4.69) is 48.6 Å². The average molecular weight is 448 g/mol. The maximum atomic E-state index is 12.6. The van der Waals surface area contributed by atoms with Crippen LogP contribution in [0.25, 0.3) is 33.0 Å². The van der Waals surface area contributed by atoms with Crippen LogP contribution in [0.1, 0.15) is 5.56 Å². The normalized spacial score (nSPS) is 13.2. The molecule has 5 heteroatoms. The number of aryl methyl sites for hydroxylation is 1. The van der Waals surface area contributed by atoms with Gasteiger partial charge in [0.25, 0.3) is 0 Å². The van der Waals surface area contributed by atoms with Crippen LogP contribution >= 0.6 is 0 Å². The van der Waals surface area contributed by atoms with Gasteiger partial charge in [0.05, 0.1) is 21.6 Å². The molecule has 0 saturated heterocycles. The average Bonchev–Trinajstić information content (AvgIpc) is 2.77. The molecular weight excluding hydrogens is 422 g/mol. The van der Waals surface area contributed by atoms with E-state index < -0.39 is 21.6 Å². The molecule has 0 aliphatic heterocycles. The maximum Gasteiger partial charge on any atom is 0.0504 e. The molecule has 2 unspecified atom stereocenters. The molecule has 0 heterocycles. The van der Waals surface area contributed by atoms with Crippen molar-refractivity contribution in [3.8, 4) is 22.3 Å². The Morgan fingerprint density at radius 2 is 1.06 bits per heavy atom. The zero-order valence-electron chi connectivity index (χ0n) is 18.1. The number of benzene rings is 4. The summed E-state index contributed by atoms with van der Waals surface area (Å²) < 4.78 is 25.2. The molecule has 0 bridgehead atoms. The summed E-state index contributed by atoms with van der Waals surface area (Å²) in [5.41, 5.74) is 6.13. The fourth-order valence-corrected chi connectivity index (χ4v) is 5.34. The lowest BCUT2D eigenvalue weighted by Gasteiger charge is -2.14. The van der Waals surface area contributed by atoms with E-state index in [1.807, 2.05) is 43.4 Å². The molecule has 4 rings (SSSR count). The number of anilines is 1. The Hall–Kier alpha value is -2.76. The summed E-state index contributed by atoms with van der Waals surface area (Å²) >= 11 is 0. The molecule has 0 aliphatic carbocycles. The molecule has 0 spiro atoms. The van der Waals surface area contributed by atoms with Gasteiger partial charge in [-0.15, -0.1) is 0 Å². The molecular formula is C26H25NO2S2. The number of hydrogen-bond donors (Lipinski definition) is 1. The summed E-state index contributed by atoms with van der Waals surface area (Å²) in [5, 5.41) is 5.10. The van der Waals surface area contributed by atoms with Crippen molar-refractivity contribution in [3.63, 3.8) is 0 Å². The molecule has 3 nitrogen and oxygen atoms in total. The van der Waals surface area contributed by atoms with Crippen LogP contribution in [0.4, 0.5) is 5.69 Å². The molecule has 158 valence electrons. The second kappa shape index (κ2) is 8.77. The van der Waals surface area contributed by atoms with Gasteiger partial charge in [-0.1, -0.05) is 42.0 Å². The lowest BCUT2D eigenvalue weighted by atomic mass is 9.97. The Morgan fingerprint density at radius 3 is 1.45 bits per heavy atom. The van der Waals surface area contributed by atoms with Crippen LogP contribution in [-0.4, -0.2) is 28.0 Å². The van der Waals surface area contributed by atoms with E-state index in [1.54, 1.807) is 12.5 Å². The predicted molar refractivity (Wildman–Crippen MR) is 134 cm³/mol. The number of rotatable bonds is 5.